The largest absolute Gasteiger partial charge is 0.478 e. The van der Waals surface area contributed by atoms with Crippen LogP contribution in [0.3, 0.4) is 0 Å². The average molecular weight is 737 g/mol. The van der Waals surface area contributed by atoms with Gasteiger partial charge >= 0.3 is 24.1 Å². The number of pyridine rings is 1. The third kappa shape index (κ3) is 9.78. The number of halogens is 4. The van der Waals surface area contributed by atoms with Crippen LogP contribution in [-0.2, 0) is 31.7 Å². The van der Waals surface area contributed by atoms with Gasteiger partial charge in [-0.25, -0.2) is 19.4 Å². The van der Waals surface area contributed by atoms with Crippen molar-refractivity contribution in [1.82, 2.24) is 10.3 Å². The van der Waals surface area contributed by atoms with E-state index in [4.69, 9.17) is 21.1 Å². The Labute approximate surface area is 293 Å². The van der Waals surface area contributed by atoms with E-state index in [1.165, 1.54) is 6.92 Å². The van der Waals surface area contributed by atoms with E-state index in [-0.39, 0.29) is 52.0 Å². The molecule has 0 saturated heterocycles. The van der Waals surface area contributed by atoms with Crippen molar-refractivity contribution in [3.8, 4) is 11.5 Å². The van der Waals surface area contributed by atoms with Crippen molar-refractivity contribution in [2.24, 2.45) is 10.9 Å². The highest BCUT2D eigenvalue weighted by Crippen LogP contribution is 2.37. The van der Waals surface area contributed by atoms with Gasteiger partial charge in [-0.05, 0) is 62.1 Å². The number of benzene rings is 2. The molecule has 2 N–H and O–H groups in total. The fraction of sp³-hybridized carbons (Fsp3) is 0.333. The molecule has 51 heavy (non-hydrogen) atoms. The summed E-state index contributed by atoms with van der Waals surface area (Å²) in [7, 11) is 0. The van der Waals surface area contributed by atoms with Gasteiger partial charge in [0.1, 0.15) is 28.3 Å². The van der Waals surface area contributed by atoms with Crippen LogP contribution in [0.25, 0.3) is 0 Å². The molecule has 1 aliphatic heterocycles. The lowest BCUT2D eigenvalue weighted by molar-refractivity contribution is -0.385. The monoisotopic (exact) mass is 736 g/mol. The van der Waals surface area contributed by atoms with E-state index in [1.54, 1.807) is 19.2 Å². The predicted molar refractivity (Wildman–Crippen MR) is 175 cm³/mol. The third-order valence-corrected chi connectivity index (χ3v) is 7.76. The van der Waals surface area contributed by atoms with Crippen molar-refractivity contribution in [2.45, 2.75) is 52.8 Å². The standard InChI is InChI=1S/C18H13ClF3NO7.C15H19N3O3/c1-2-28-16(24)9-29-17(25)12-8-11(4-5-14(12)23(26)27)30-15-6-3-10(7-13(15)19)18(20,21)22;1-5-9-6-10(13(19)20)11(16-7-9)12-17-14(21)15(4,18-12)8(2)3/h3-8H,2,9H2,1H3;6-8H,5H2,1-4H3,(H,19,20)(H,17,18,21). The number of nitro groups is 1. The van der Waals surface area contributed by atoms with Crippen molar-refractivity contribution in [3.05, 3.63) is 91.7 Å². The second kappa shape index (κ2) is 16.4. The highest BCUT2D eigenvalue weighted by molar-refractivity contribution is 6.32. The second-order valence-electron chi connectivity index (χ2n) is 11.2. The van der Waals surface area contributed by atoms with Gasteiger partial charge in [0.15, 0.2) is 12.4 Å². The number of hydrogen-bond donors (Lipinski definition) is 2. The molecule has 1 aliphatic rings. The maximum absolute atomic E-state index is 12.7. The highest BCUT2D eigenvalue weighted by Gasteiger charge is 2.43. The first-order chi connectivity index (χ1) is 23.8. The van der Waals surface area contributed by atoms with E-state index < -0.39 is 58.0 Å². The molecule has 1 amide bonds. The molecule has 18 heteroatoms. The van der Waals surface area contributed by atoms with Crippen LogP contribution in [0.2, 0.25) is 5.02 Å². The number of carboxylic acid groups (broad SMARTS) is 1. The number of aromatic carboxylic acids is 1. The number of amides is 1. The Bertz CT molecular complexity index is 1880. The molecule has 0 fully saturated rings. The minimum absolute atomic E-state index is 0.00167. The van der Waals surface area contributed by atoms with Gasteiger partial charge < -0.3 is 24.6 Å². The number of alkyl halides is 3. The van der Waals surface area contributed by atoms with E-state index in [2.05, 4.69) is 20.0 Å². The summed E-state index contributed by atoms with van der Waals surface area (Å²) in [5.74, 6) is -3.44. The first-order valence-electron chi connectivity index (χ1n) is 15.1. The van der Waals surface area contributed by atoms with Gasteiger partial charge in [0.25, 0.3) is 11.6 Å². The van der Waals surface area contributed by atoms with Crippen molar-refractivity contribution >= 4 is 46.9 Å². The van der Waals surface area contributed by atoms with E-state index >= 15 is 0 Å². The number of aromatic nitrogens is 1. The van der Waals surface area contributed by atoms with Gasteiger partial charge in [0.05, 0.1) is 27.7 Å². The fourth-order valence-corrected chi connectivity index (χ4v) is 4.51. The molecular weight excluding hydrogens is 705 g/mol. The summed E-state index contributed by atoms with van der Waals surface area (Å²) in [6, 6.07) is 6.93. The number of esters is 2. The Balaban J connectivity index is 0.000000293. The number of hydrogen-bond acceptors (Lipinski definition) is 11. The van der Waals surface area contributed by atoms with E-state index in [1.807, 2.05) is 20.8 Å². The first-order valence-corrected chi connectivity index (χ1v) is 15.5. The molecule has 0 radical (unpaired) electrons. The summed E-state index contributed by atoms with van der Waals surface area (Å²) in [6.07, 6.45) is -2.30. The minimum Gasteiger partial charge on any atom is -0.478 e. The number of amidine groups is 1. The summed E-state index contributed by atoms with van der Waals surface area (Å²) in [6.45, 7) is 8.29. The molecule has 2 aromatic carbocycles. The number of aryl methyl sites for hydroxylation is 1. The molecule has 3 aromatic rings. The van der Waals surface area contributed by atoms with Gasteiger partial charge in [-0.15, -0.1) is 0 Å². The van der Waals surface area contributed by atoms with Crippen molar-refractivity contribution in [2.75, 3.05) is 13.2 Å². The number of ether oxygens (including phenoxy) is 3. The molecule has 0 spiro atoms. The van der Waals surface area contributed by atoms with Crippen LogP contribution in [0.4, 0.5) is 18.9 Å². The Morgan fingerprint density at radius 2 is 1.76 bits per heavy atom. The van der Waals surface area contributed by atoms with Crippen LogP contribution in [0, 0.1) is 16.0 Å². The maximum atomic E-state index is 12.7. The molecule has 0 saturated carbocycles. The summed E-state index contributed by atoms with van der Waals surface area (Å²) >= 11 is 5.81. The predicted octanol–water partition coefficient (Wildman–Crippen LogP) is 6.41. The van der Waals surface area contributed by atoms with E-state index in [9.17, 15) is 47.6 Å². The molecule has 4 rings (SSSR count). The van der Waals surface area contributed by atoms with Gasteiger partial charge in [-0.2, -0.15) is 13.2 Å². The van der Waals surface area contributed by atoms with E-state index in [0.717, 1.165) is 35.9 Å². The molecule has 0 aliphatic carbocycles. The molecular formula is C33H32ClF3N4O10. The van der Waals surface area contributed by atoms with Gasteiger partial charge in [-0.3, -0.25) is 19.9 Å². The van der Waals surface area contributed by atoms with Crippen LogP contribution in [0.5, 0.6) is 11.5 Å². The lowest BCUT2D eigenvalue weighted by Crippen LogP contribution is -2.41. The topological polar surface area (TPSA) is 197 Å². The lowest BCUT2D eigenvalue weighted by atomic mass is 9.89. The van der Waals surface area contributed by atoms with Crippen molar-refractivity contribution in [1.29, 1.82) is 0 Å². The van der Waals surface area contributed by atoms with Crippen molar-refractivity contribution < 1.29 is 56.6 Å². The zero-order valence-electron chi connectivity index (χ0n) is 27.8. The number of carbonyl (C=O) groups is 4. The Hall–Kier alpha value is -5.58. The molecule has 1 unspecified atom stereocenters. The highest BCUT2D eigenvalue weighted by atomic mass is 35.5. The van der Waals surface area contributed by atoms with Gasteiger partial charge in [-0.1, -0.05) is 32.4 Å². The van der Waals surface area contributed by atoms with Crippen LogP contribution in [0.1, 0.15) is 72.2 Å². The Morgan fingerprint density at radius 3 is 2.29 bits per heavy atom. The zero-order valence-corrected chi connectivity index (χ0v) is 28.5. The second-order valence-corrected chi connectivity index (χ2v) is 11.6. The smallest absolute Gasteiger partial charge is 0.416 e. The number of nitrogens with one attached hydrogen (secondary N) is 1. The SMILES string of the molecule is CCOC(=O)COC(=O)c1cc(Oc2ccc(C(F)(F)F)cc2Cl)ccc1[N+](=O)[O-].CCc1cnc(C2=NC(C)(C(C)C)C(=O)N2)c(C(=O)O)c1. The Morgan fingerprint density at radius 1 is 1.08 bits per heavy atom. The molecule has 272 valence electrons. The van der Waals surface area contributed by atoms with Gasteiger partial charge in [0, 0.05) is 18.3 Å². The van der Waals surface area contributed by atoms with Gasteiger partial charge in [0.2, 0.25) is 0 Å². The number of rotatable bonds is 11. The number of aliphatic imine (C=N–C) groups is 1. The first kappa shape index (κ1) is 39.9. The summed E-state index contributed by atoms with van der Waals surface area (Å²) in [4.78, 5) is 65.9. The molecule has 1 aromatic heterocycles. The maximum Gasteiger partial charge on any atom is 0.416 e. The fourth-order valence-electron chi connectivity index (χ4n) is 4.29. The quantitative estimate of drug-likeness (QED) is 0.125. The number of nitrogens with zero attached hydrogens (tertiary/aromatic N) is 3. The molecule has 2 heterocycles. The molecule has 0 bridgehead atoms. The Kier molecular flexibility index (Phi) is 12.8. The van der Waals surface area contributed by atoms with E-state index in [0.29, 0.717) is 12.5 Å². The zero-order chi connectivity index (χ0) is 38.3. The third-order valence-electron chi connectivity index (χ3n) is 7.47. The van der Waals surface area contributed by atoms with Crippen LogP contribution in [0.15, 0.2) is 53.7 Å². The summed E-state index contributed by atoms with van der Waals surface area (Å²) in [5, 5.41) is 22.8. The molecule has 1 atom stereocenters. The van der Waals surface area contributed by atoms with Crippen LogP contribution < -0.4 is 10.1 Å². The average Bonchev–Trinajstić information content (AvgIpc) is 3.38. The summed E-state index contributed by atoms with van der Waals surface area (Å²) in [5.41, 5.74) is -1.96. The molecule has 14 nitrogen and oxygen atoms in total. The minimum atomic E-state index is -4.61. The number of carbonyl (C=O) groups excluding carboxylic acids is 3. The number of carboxylic acids is 1. The number of nitro benzene ring substituents is 1. The summed E-state index contributed by atoms with van der Waals surface area (Å²) < 4.78 is 52.8. The van der Waals surface area contributed by atoms with Crippen molar-refractivity contribution in [3.63, 3.8) is 0 Å². The normalized spacial score (nSPS) is 15.3. The van der Waals surface area contributed by atoms with Crippen LogP contribution in [-0.4, -0.2) is 63.4 Å². The lowest BCUT2D eigenvalue weighted by Gasteiger charge is -2.21. The van der Waals surface area contributed by atoms with Crippen LogP contribution >= 0.6 is 11.6 Å².